The van der Waals surface area contributed by atoms with E-state index in [0.717, 1.165) is 38.9 Å². The van der Waals surface area contributed by atoms with Crippen LogP contribution in [-0.2, 0) is 5.41 Å². The van der Waals surface area contributed by atoms with Crippen LogP contribution in [0.1, 0.15) is 32.2 Å². The normalized spacial score (nSPS) is 11.8. The predicted molar refractivity (Wildman–Crippen MR) is 103 cm³/mol. The summed E-state index contributed by atoms with van der Waals surface area (Å²) in [5, 5.41) is 5.87. The molecule has 2 heterocycles. The van der Waals surface area contributed by atoms with Crippen molar-refractivity contribution in [2.45, 2.75) is 38.1 Å². The van der Waals surface area contributed by atoms with Crippen LogP contribution in [-0.4, -0.2) is 20.4 Å². The topological polar surface area (TPSA) is 30.2 Å². The van der Waals surface area contributed by atoms with E-state index in [0.29, 0.717) is 0 Å². The van der Waals surface area contributed by atoms with Crippen molar-refractivity contribution in [2.24, 2.45) is 0 Å². The maximum absolute atomic E-state index is 4.97. The second-order valence-electron chi connectivity index (χ2n) is 6.89. The van der Waals surface area contributed by atoms with Gasteiger partial charge in [-0.05, 0) is 18.6 Å². The highest BCUT2D eigenvalue weighted by atomic mass is 32.2. The Morgan fingerprint density at radius 1 is 1.21 bits per heavy atom. The van der Waals surface area contributed by atoms with Gasteiger partial charge in [0.15, 0.2) is 5.65 Å². The third kappa shape index (κ3) is 3.11. The van der Waals surface area contributed by atoms with Crippen molar-refractivity contribution in [1.29, 1.82) is 0 Å². The molecule has 24 heavy (non-hydrogen) atoms. The Labute approximate surface area is 147 Å². The fraction of sp³-hybridized carbons (Fsp3) is 0.300. The minimum atomic E-state index is -0.0165. The monoisotopic (exact) mass is 337 g/mol. The number of aromatic nitrogens is 3. The quantitative estimate of drug-likeness (QED) is 0.368. The zero-order chi connectivity index (χ0) is 17.3. The van der Waals surface area contributed by atoms with Crippen LogP contribution >= 0.6 is 11.8 Å². The molecule has 0 aliphatic heterocycles. The van der Waals surface area contributed by atoms with E-state index in [-0.39, 0.29) is 5.41 Å². The standard InChI is InChI=1S/C20H23N3S/c1-6-12-24-17-13-16(20(3,4)5)21-19-18(14(2)22-23(17)19)15-10-8-7-9-11-15/h6-11,13H,1,12H2,2-5H3. The van der Waals surface area contributed by atoms with Gasteiger partial charge in [0.1, 0.15) is 5.03 Å². The molecule has 0 aliphatic rings. The van der Waals surface area contributed by atoms with Crippen LogP contribution in [0.2, 0.25) is 0 Å². The number of hydrogen-bond donors (Lipinski definition) is 0. The summed E-state index contributed by atoms with van der Waals surface area (Å²) < 4.78 is 1.97. The molecule has 3 aromatic rings. The first-order valence-corrected chi connectivity index (χ1v) is 9.10. The molecule has 4 heteroatoms. The SMILES string of the molecule is C=CCSc1cc(C(C)(C)C)nc2c(-c3ccccc3)c(C)nn12. The van der Waals surface area contributed by atoms with E-state index in [9.17, 15) is 0 Å². The third-order valence-corrected chi connectivity index (χ3v) is 4.90. The highest BCUT2D eigenvalue weighted by Crippen LogP contribution is 2.33. The highest BCUT2D eigenvalue weighted by Gasteiger charge is 2.22. The van der Waals surface area contributed by atoms with Crippen LogP contribution in [0.25, 0.3) is 16.8 Å². The summed E-state index contributed by atoms with van der Waals surface area (Å²) in [6.07, 6.45) is 1.92. The molecule has 0 amide bonds. The van der Waals surface area contributed by atoms with Crippen molar-refractivity contribution in [3.8, 4) is 11.1 Å². The third-order valence-electron chi connectivity index (χ3n) is 3.91. The van der Waals surface area contributed by atoms with Gasteiger partial charge in [-0.15, -0.1) is 18.3 Å². The maximum atomic E-state index is 4.97. The summed E-state index contributed by atoms with van der Waals surface area (Å²) in [6.45, 7) is 12.5. The van der Waals surface area contributed by atoms with Crippen molar-refractivity contribution < 1.29 is 0 Å². The fourth-order valence-electron chi connectivity index (χ4n) is 2.67. The summed E-state index contributed by atoms with van der Waals surface area (Å²) in [5.74, 6) is 0.849. The van der Waals surface area contributed by atoms with Crippen molar-refractivity contribution in [2.75, 3.05) is 5.75 Å². The van der Waals surface area contributed by atoms with Gasteiger partial charge < -0.3 is 0 Å². The van der Waals surface area contributed by atoms with E-state index in [1.807, 2.05) is 16.7 Å². The molecule has 2 aromatic heterocycles. The van der Waals surface area contributed by atoms with Crippen LogP contribution in [0.15, 0.2) is 54.1 Å². The Morgan fingerprint density at radius 3 is 2.54 bits per heavy atom. The minimum absolute atomic E-state index is 0.0165. The van der Waals surface area contributed by atoms with Gasteiger partial charge in [0.05, 0.1) is 11.4 Å². The molecule has 0 N–H and O–H groups in total. The zero-order valence-corrected chi connectivity index (χ0v) is 15.5. The first kappa shape index (κ1) is 16.8. The molecular weight excluding hydrogens is 314 g/mol. The van der Waals surface area contributed by atoms with Crippen LogP contribution in [0.4, 0.5) is 0 Å². The molecule has 3 nitrogen and oxygen atoms in total. The summed E-state index contributed by atoms with van der Waals surface area (Å²) in [7, 11) is 0. The largest absolute Gasteiger partial charge is 0.232 e. The number of benzene rings is 1. The molecule has 0 fully saturated rings. The molecular formula is C20H23N3S. The van der Waals surface area contributed by atoms with Gasteiger partial charge in [-0.25, -0.2) is 9.50 Å². The van der Waals surface area contributed by atoms with E-state index in [1.165, 1.54) is 0 Å². The Balaban J connectivity index is 2.30. The summed E-state index contributed by atoms with van der Waals surface area (Å²) >= 11 is 1.74. The van der Waals surface area contributed by atoms with Gasteiger partial charge in [-0.3, -0.25) is 0 Å². The first-order chi connectivity index (χ1) is 11.4. The molecule has 0 bridgehead atoms. The van der Waals surface area contributed by atoms with Crippen LogP contribution < -0.4 is 0 Å². The average Bonchev–Trinajstić information content (AvgIpc) is 2.88. The van der Waals surface area contributed by atoms with Gasteiger partial charge in [0.25, 0.3) is 0 Å². The van der Waals surface area contributed by atoms with Gasteiger partial charge in [0.2, 0.25) is 0 Å². The van der Waals surface area contributed by atoms with E-state index in [2.05, 4.69) is 64.6 Å². The molecule has 1 aromatic carbocycles. The molecule has 0 spiro atoms. The van der Waals surface area contributed by atoms with E-state index in [1.54, 1.807) is 11.8 Å². The molecule has 0 atom stereocenters. The van der Waals surface area contributed by atoms with Crippen molar-refractivity contribution >= 4 is 17.4 Å². The molecule has 0 saturated heterocycles. The Hall–Kier alpha value is -2.07. The lowest BCUT2D eigenvalue weighted by molar-refractivity contribution is 0.563. The Kier molecular flexibility index (Phi) is 4.50. The predicted octanol–water partition coefficient (Wildman–Crippen LogP) is 5.28. The van der Waals surface area contributed by atoms with Crippen molar-refractivity contribution in [3.63, 3.8) is 0 Å². The van der Waals surface area contributed by atoms with E-state index >= 15 is 0 Å². The van der Waals surface area contributed by atoms with Crippen molar-refractivity contribution in [1.82, 2.24) is 14.6 Å². The minimum Gasteiger partial charge on any atom is -0.232 e. The Morgan fingerprint density at radius 2 is 1.92 bits per heavy atom. The van der Waals surface area contributed by atoms with Gasteiger partial charge in [0, 0.05) is 16.7 Å². The lowest BCUT2D eigenvalue weighted by Gasteiger charge is -2.19. The number of aryl methyl sites for hydroxylation is 1. The van der Waals surface area contributed by atoms with Gasteiger partial charge in [-0.1, -0.05) is 57.2 Å². The second kappa shape index (κ2) is 6.44. The number of thioether (sulfide) groups is 1. The summed E-state index contributed by atoms with van der Waals surface area (Å²) in [4.78, 5) is 4.97. The molecule has 0 radical (unpaired) electrons. The Bertz CT molecular complexity index is 873. The van der Waals surface area contributed by atoms with Crippen LogP contribution in [0, 0.1) is 6.92 Å². The summed E-state index contributed by atoms with van der Waals surface area (Å²) in [6, 6.07) is 12.5. The van der Waals surface area contributed by atoms with Gasteiger partial charge in [-0.2, -0.15) is 5.10 Å². The fourth-order valence-corrected chi connectivity index (χ4v) is 3.40. The highest BCUT2D eigenvalue weighted by molar-refractivity contribution is 7.99. The zero-order valence-electron chi connectivity index (χ0n) is 14.7. The first-order valence-electron chi connectivity index (χ1n) is 8.12. The van der Waals surface area contributed by atoms with E-state index in [4.69, 9.17) is 10.1 Å². The van der Waals surface area contributed by atoms with Crippen LogP contribution in [0.3, 0.4) is 0 Å². The molecule has 3 rings (SSSR count). The average molecular weight is 337 g/mol. The molecule has 0 saturated carbocycles. The lowest BCUT2D eigenvalue weighted by Crippen LogP contribution is -2.15. The number of hydrogen-bond acceptors (Lipinski definition) is 3. The molecule has 124 valence electrons. The number of fused-ring (bicyclic) bond motifs is 1. The second-order valence-corrected chi connectivity index (χ2v) is 7.93. The summed E-state index contributed by atoms with van der Waals surface area (Å²) in [5.41, 5.74) is 5.26. The van der Waals surface area contributed by atoms with Crippen molar-refractivity contribution in [3.05, 3.63) is 60.4 Å². The number of rotatable bonds is 4. The molecule has 0 aliphatic carbocycles. The van der Waals surface area contributed by atoms with Gasteiger partial charge >= 0.3 is 0 Å². The number of nitrogens with zero attached hydrogens (tertiary/aromatic N) is 3. The van der Waals surface area contributed by atoms with Crippen LogP contribution in [0.5, 0.6) is 0 Å². The van der Waals surface area contributed by atoms with E-state index < -0.39 is 0 Å². The maximum Gasteiger partial charge on any atom is 0.164 e. The molecule has 0 unspecified atom stereocenters. The smallest absolute Gasteiger partial charge is 0.164 e. The lowest BCUT2D eigenvalue weighted by atomic mass is 9.92.